The Morgan fingerprint density at radius 1 is 1.29 bits per heavy atom. The first-order chi connectivity index (χ1) is 9.75. The number of alkyl halides is 3. The fraction of sp³-hybridized carbons (Fsp3) is 0.867. The van der Waals surface area contributed by atoms with Crippen molar-refractivity contribution < 1.29 is 27.5 Å². The van der Waals surface area contributed by atoms with Crippen molar-refractivity contribution in [1.29, 1.82) is 0 Å². The third kappa shape index (κ3) is 2.36. The van der Waals surface area contributed by atoms with Gasteiger partial charge in [-0.1, -0.05) is 6.92 Å². The minimum Gasteiger partial charge on any atom is -0.452 e. The zero-order valence-electron chi connectivity index (χ0n) is 11.9. The summed E-state index contributed by atoms with van der Waals surface area (Å²) in [6, 6.07) is 0. The maximum absolute atomic E-state index is 12.8. The Bertz CT molecular complexity index is 453. The minimum absolute atomic E-state index is 0.144. The second-order valence-electron chi connectivity index (χ2n) is 6.87. The van der Waals surface area contributed by atoms with E-state index in [1.807, 2.05) is 0 Å². The standard InChI is InChI=1S/C15H19F3O3/c1-2-11(15(16,17)18)21-13(20)14-5-8-3-9(6-14)12(19)10(4-8)7-14/h8-11H,2-7H2,1H3. The fourth-order valence-electron chi connectivity index (χ4n) is 4.63. The lowest BCUT2D eigenvalue weighted by Gasteiger charge is -2.54. The van der Waals surface area contributed by atoms with Crippen LogP contribution in [0.25, 0.3) is 0 Å². The summed E-state index contributed by atoms with van der Waals surface area (Å²) < 4.78 is 43.2. The summed E-state index contributed by atoms with van der Waals surface area (Å²) in [5, 5.41) is 0. The molecule has 0 spiro atoms. The highest BCUT2D eigenvalue weighted by molar-refractivity contribution is 5.89. The van der Waals surface area contributed by atoms with Gasteiger partial charge in [-0.05, 0) is 44.4 Å². The van der Waals surface area contributed by atoms with Crippen LogP contribution in [-0.4, -0.2) is 24.0 Å². The van der Waals surface area contributed by atoms with Gasteiger partial charge in [-0.15, -0.1) is 0 Å². The van der Waals surface area contributed by atoms with E-state index in [9.17, 15) is 22.8 Å². The molecule has 0 aromatic heterocycles. The highest BCUT2D eigenvalue weighted by atomic mass is 19.4. The number of ketones is 1. The van der Waals surface area contributed by atoms with Gasteiger partial charge in [-0.2, -0.15) is 13.2 Å². The second-order valence-corrected chi connectivity index (χ2v) is 6.87. The SMILES string of the molecule is CCC(OC(=O)C12CC3CC(C1)C(=O)C(C3)C2)C(F)(F)F. The maximum Gasteiger partial charge on any atom is 0.425 e. The first kappa shape index (κ1) is 14.9. The molecule has 0 heterocycles. The van der Waals surface area contributed by atoms with Crippen molar-refractivity contribution in [2.75, 3.05) is 0 Å². The molecule has 0 N–H and O–H groups in total. The summed E-state index contributed by atoms with van der Waals surface area (Å²) in [7, 11) is 0. The summed E-state index contributed by atoms with van der Waals surface area (Å²) in [5.74, 6) is -0.529. The van der Waals surface area contributed by atoms with E-state index in [4.69, 9.17) is 4.74 Å². The highest BCUT2D eigenvalue weighted by Crippen LogP contribution is 2.59. The van der Waals surface area contributed by atoms with E-state index >= 15 is 0 Å². The van der Waals surface area contributed by atoms with Gasteiger partial charge in [0.15, 0.2) is 6.10 Å². The van der Waals surface area contributed by atoms with Crippen LogP contribution in [0, 0.1) is 23.2 Å². The van der Waals surface area contributed by atoms with Gasteiger partial charge < -0.3 is 4.74 Å². The average molecular weight is 304 g/mol. The molecular formula is C15H19F3O3. The monoisotopic (exact) mass is 304 g/mol. The number of rotatable bonds is 3. The molecule has 118 valence electrons. The van der Waals surface area contributed by atoms with Crippen molar-refractivity contribution in [3.63, 3.8) is 0 Å². The molecule has 0 radical (unpaired) electrons. The number of carbonyl (C=O) groups is 2. The highest BCUT2D eigenvalue weighted by Gasteiger charge is 2.59. The summed E-state index contributed by atoms with van der Waals surface area (Å²) >= 11 is 0. The summed E-state index contributed by atoms with van der Waals surface area (Å²) in [5.41, 5.74) is -0.844. The van der Waals surface area contributed by atoms with Crippen LogP contribution in [0.3, 0.4) is 0 Å². The zero-order chi connectivity index (χ0) is 15.4. The Kier molecular flexibility index (Phi) is 3.33. The minimum atomic E-state index is -4.53. The third-order valence-electron chi connectivity index (χ3n) is 5.41. The molecule has 0 aromatic carbocycles. The number of hydrogen-bond donors (Lipinski definition) is 0. The van der Waals surface area contributed by atoms with Gasteiger partial charge in [0.1, 0.15) is 5.78 Å². The molecular weight excluding hydrogens is 285 g/mol. The lowest BCUT2D eigenvalue weighted by atomic mass is 9.49. The first-order valence-corrected chi connectivity index (χ1v) is 7.56. The maximum atomic E-state index is 12.8. The second kappa shape index (κ2) is 4.71. The molecule has 0 saturated heterocycles. The largest absolute Gasteiger partial charge is 0.452 e. The smallest absolute Gasteiger partial charge is 0.425 e. The molecule has 4 aliphatic rings. The number of hydrogen-bond acceptors (Lipinski definition) is 3. The van der Waals surface area contributed by atoms with Crippen LogP contribution in [0.2, 0.25) is 0 Å². The molecule has 4 fully saturated rings. The van der Waals surface area contributed by atoms with E-state index < -0.39 is 23.7 Å². The van der Waals surface area contributed by atoms with Gasteiger partial charge in [0.05, 0.1) is 5.41 Å². The molecule has 0 aromatic rings. The van der Waals surface area contributed by atoms with E-state index in [0.717, 1.165) is 12.8 Å². The van der Waals surface area contributed by atoms with E-state index in [2.05, 4.69) is 0 Å². The summed E-state index contributed by atoms with van der Waals surface area (Å²) in [4.78, 5) is 24.4. The summed E-state index contributed by atoms with van der Waals surface area (Å²) in [6.07, 6.45) is -3.91. The van der Waals surface area contributed by atoms with Crippen LogP contribution in [0.1, 0.15) is 45.4 Å². The number of carbonyl (C=O) groups excluding carboxylic acids is 2. The predicted octanol–water partition coefficient (Wildman–Crippen LogP) is 3.27. The van der Waals surface area contributed by atoms with E-state index in [-0.39, 0.29) is 24.0 Å². The van der Waals surface area contributed by atoms with E-state index in [1.165, 1.54) is 6.92 Å². The van der Waals surface area contributed by atoms with Crippen LogP contribution in [0.15, 0.2) is 0 Å². The normalized spacial score (nSPS) is 39.4. The molecule has 3 atom stereocenters. The van der Waals surface area contributed by atoms with E-state index in [1.54, 1.807) is 0 Å². The van der Waals surface area contributed by atoms with E-state index in [0.29, 0.717) is 25.2 Å². The van der Waals surface area contributed by atoms with Crippen LogP contribution >= 0.6 is 0 Å². The van der Waals surface area contributed by atoms with Gasteiger partial charge >= 0.3 is 12.1 Å². The molecule has 4 bridgehead atoms. The molecule has 4 aliphatic carbocycles. The number of ether oxygens (including phenoxy) is 1. The van der Waals surface area contributed by atoms with Crippen molar-refractivity contribution in [3.8, 4) is 0 Å². The Labute approximate surface area is 121 Å². The van der Waals surface area contributed by atoms with Gasteiger partial charge in [0.25, 0.3) is 0 Å². The molecule has 6 heteroatoms. The topological polar surface area (TPSA) is 43.4 Å². The number of halogens is 3. The van der Waals surface area contributed by atoms with Gasteiger partial charge in [0.2, 0.25) is 0 Å². The van der Waals surface area contributed by atoms with Crippen LogP contribution < -0.4 is 0 Å². The summed E-state index contributed by atoms with van der Waals surface area (Å²) in [6.45, 7) is 1.36. The molecule has 0 amide bonds. The predicted molar refractivity (Wildman–Crippen MR) is 67.2 cm³/mol. The van der Waals surface area contributed by atoms with Crippen molar-refractivity contribution >= 4 is 11.8 Å². The Morgan fingerprint density at radius 3 is 2.33 bits per heavy atom. The van der Waals surface area contributed by atoms with Crippen molar-refractivity contribution in [2.45, 2.75) is 57.7 Å². The third-order valence-corrected chi connectivity index (χ3v) is 5.41. The Balaban J connectivity index is 1.77. The van der Waals surface area contributed by atoms with Crippen molar-refractivity contribution in [1.82, 2.24) is 0 Å². The quantitative estimate of drug-likeness (QED) is 0.752. The molecule has 0 aliphatic heterocycles. The van der Waals surface area contributed by atoms with Crippen LogP contribution in [0.4, 0.5) is 13.2 Å². The fourth-order valence-corrected chi connectivity index (χ4v) is 4.63. The average Bonchev–Trinajstić information content (AvgIpc) is 2.39. The van der Waals surface area contributed by atoms with Gasteiger partial charge in [-0.3, -0.25) is 9.59 Å². The Hall–Kier alpha value is -1.07. The number of esters is 1. The molecule has 3 nitrogen and oxygen atoms in total. The lowest BCUT2D eigenvalue weighted by Crippen LogP contribution is -2.55. The zero-order valence-corrected chi connectivity index (χ0v) is 11.9. The molecule has 21 heavy (non-hydrogen) atoms. The van der Waals surface area contributed by atoms with Crippen LogP contribution in [0.5, 0.6) is 0 Å². The van der Waals surface area contributed by atoms with Crippen LogP contribution in [-0.2, 0) is 14.3 Å². The Morgan fingerprint density at radius 2 is 1.86 bits per heavy atom. The number of Topliss-reactive ketones (excluding diaryl/α,β-unsaturated/α-hetero) is 1. The molecule has 3 unspecified atom stereocenters. The van der Waals surface area contributed by atoms with Crippen molar-refractivity contribution in [3.05, 3.63) is 0 Å². The van der Waals surface area contributed by atoms with Gasteiger partial charge in [-0.25, -0.2) is 0 Å². The van der Waals surface area contributed by atoms with Crippen molar-refractivity contribution in [2.24, 2.45) is 23.2 Å². The lowest BCUT2D eigenvalue weighted by molar-refractivity contribution is -0.231. The molecule has 4 saturated carbocycles. The van der Waals surface area contributed by atoms with Gasteiger partial charge in [0, 0.05) is 11.8 Å². The molecule has 4 rings (SSSR count). The first-order valence-electron chi connectivity index (χ1n) is 7.56.